The van der Waals surface area contributed by atoms with Crippen LogP contribution in [0.4, 0.5) is 5.69 Å². The summed E-state index contributed by atoms with van der Waals surface area (Å²) >= 11 is 1.87. The summed E-state index contributed by atoms with van der Waals surface area (Å²) in [5.74, 6) is 1.77. The fraction of sp³-hybridized carbons (Fsp3) is 0.0882. The van der Waals surface area contributed by atoms with Gasteiger partial charge in [-0.3, -0.25) is 0 Å². The molecule has 6 heteroatoms. The second-order valence-electron chi connectivity index (χ2n) is 10.2. The Bertz CT molecular complexity index is 2020. The van der Waals surface area contributed by atoms with Gasteiger partial charge in [0.05, 0.1) is 17.7 Å². The van der Waals surface area contributed by atoms with Crippen LogP contribution in [-0.4, -0.2) is 17.8 Å². The number of para-hydroxylation sites is 1. The summed E-state index contributed by atoms with van der Waals surface area (Å²) in [5, 5.41) is 15.5. The van der Waals surface area contributed by atoms with Crippen LogP contribution in [0, 0.1) is 11.3 Å². The van der Waals surface area contributed by atoms with Gasteiger partial charge in [0.25, 0.3) is 0 Å². The number of aliphatic imine (C=N–C) groups is 2. The maximum Gasteiger partial charge on any atom is 0.207 e. The number of benzene rings is 4. The SMILES string of the molecule is N#Cc1ccc(C2N=C(c3ccccc3)NC(N3c4ccccc4C4C=c5sc6ccccc6c5=CC43)=N2)cc1. The Balaban J connectivity index is 1.30. The Hall–Kier alpha value is -4.99. The number of hydrogen-bond acceptors (Lipinski definition) is 6. The third kappa shape index (κ3) is 3.59. The molecule has 0 saturated heterocycles. The summed E-state index contributed by atoms with van der Waals surface area (Å²) in [6.07, 6.45) is 4.43. The first kappa shape index (κ1) is 22.9. The van der Waals surface area contributed by atoms with Crippen molar-refractivity contribution in [1.82, 2.24) is 5.32 Å². The molecule has 5 aromatic rings. The van der Waals surface area contributed by atoms with Crippen LogP contribution in [0.15, 0.2) is 113 Å². The molecule has 0 fully saturated rings. The molecule has 1 aromatic heterocycles. The third-order valence-corrected chi connectivity index (χ3v) is 9.04. The van der Waals surface area contributed by atoms with E-state index in [1.807, 2.05) is 53.8 Å². The zero-order chi connectivity index (χ0) is 26.6. The van der Waals surface area contributed by atoms with Crippen molar-refractivity contribution in [3.8, 4) is 6.07 Å². The third-order valence-electron chi connectivity index (χ3n) is 7.89. The van der Waals surface area contributed by atoms with E-state index in [0.29, 0.717) is 5.56 Å². The Morgan fingerprint density at radius 1 is 0.800 bits per heavy atom. The van der Waals surface area contributed by atoms with Crippen molar-refractivity contribution in [2.75, 3.05) is 4.90 Å². The molecule has 2 aliphatic heterocycles. The molecule has 0 radical (unpaired) electrons. The topological polar surface area (TPSA) is 63.8 Å². The van der Waals surface area contributed by atoms with Crippen molar-refractivity contribution in [3.63, 3.8) is 0 Å². The highest BCUT2D eigenvalue weighted by molar-refractivity contribution is 7.17. The van der Waals surface area contributed by atoms with Gasteiger partial charge in [0.15, 0.2) is 6.17 Å². The Morgan fingerprint density at radius 2 is 1.57 bits per heavy atom. The molecular formula is C34H23N5S. The van der Waals surface area contributed by atoms with Gasteiger partial charge in [0.1, 0.15) is 5.84 Å². The molecule has 0 saturated carbocycles. The summed E-state index contributed by atoms with van der Waals surface area (Å²) < 4.78 is 2.65. The van der Waals surface area contributed by atoms with Gasteiger partial charge < -0.3 is 10.2 Å². The molecule has 190 valence electrons. The molecular weight excluding hydrogens is 510 g/mol. The molecule has 0 spiro atoms. The van der Waals surface area contributed by atoms with E-state index in [1.54, 1.807) is 0 Å². The molecule has 40 heavy (non-hydrogen) atoms. The van der Waals surface area contributed by atoms with E-state index >= 15 is 0 Å². The van der Waals surface area contributed by atoms with E-state index < -0.39 is 6.17 Å². The first-order valence-corrected chi connectivity index (χ1v) is 14.2. The molecule has 1 aliphatic carbocycles. The van der Waals surface area contributed by atoms with Crippen molar-refractivity contribution in [2.45, 2.75) is 18.1 Å². The number of amidine groups is 1. The molecule has 0 bridgehead atoms. The minimum absolute atomic E-state index is 0.0749. The minimum Gasteiger partial charge on any atom is -0.310 e. The molecule has 1 N–H and O–H groups in total. The second-order valence-corrected chi connectivity index (χ2v) is 11.3. The predicted molar refractivity (Wildman–Crippen MR) is 163 cm³/mol. The number of thiophene rings is 1. The predicted octanol–water partition coefficient (Wildman–Crippen LogP) is 5.42. The number of nitrogens with one attached hydrogen (secondary N) is 1. The summed E-state index contributed by atoms with van der Waals surface area (Å²) in [7, 11) is 0. The molecule has 4 aromatic carbocycles. The second kappa shape index (κ2) is 9.04. The van der Waals surface area contributed by atoms with Gasteiger partial charge in [-0.15, -0.1) is 11.3 Å². The smallest absolute Gasteiger partial charge is 0.207 e. The number of nitriles is 1. The van der Waals surface area contributed by atoms with Gasteiger partial charge in [-0.05, 0) is 40.6 Å². The summed E-state index contributed by atoms with van der Waals surface area (Å²) in [6, 6.07) is 37.4. The van der Waals surface area contributed by atoms with E-state index in [0.717, 1.165) is 28.6 Å². The van der Waals surface area contributed by atoms with E-state index in [-0.39, 0.29) is 12.0 Å². The van der Waals surface area contributed by atoms with E-state index in [1.165, 1.54) is 25.4 Å². The zero-order valence-corrected chi connectivity index (χ0v) is 22.2. The number of guanidine groups is 1. The average Bonchev–Trinajstić information content (AvgIpc) is 3.55. The van der Waals surface area contributed by atoms with Crippen LogP contribution in [-0.2, 0) is 0 Å². The number of hydrogen-bond donors (Lipinski definition) is 1. The van der Waals surface area contributed by atoms with Gasteiger partial charge in [0, 0.05) is 31.8 Å². The van der Waals surface area contributed by atoms with Gasteiger partial charge >= 0.3 is 0 Å². The Kier molecular flexibility index (Phi) is 5.19. The molecule has 3 heterocycles. The number of fused-ring (bicyclic) bond motifs is 6. The molecule has 3 unspecified atom stereocenters. The summed E-state index contributed by atoms with van der Waals surface area (Å²) in [4.78, 5) is 12.6. The lowest BCUT2D eigenvalue weighted by Crippen LogP contribution is -2.51. The van der Waals surface area contributed by atoms with Crippen LogP contribution in [0.25, 0.3) is 22.2 Å². The minimum atomic E-state index is -0.435. The normalized spacial score (nSPS) is 20.6. The molecule has 5 nitrogen and oxygen atoms in total. The maximum absolute atomic E-state index is 9.31. The van der Waals surface area contributed by atoms with Crippen LogP contribution < -0.4 is 20.0 Å². The van der Waals surface area contributed by atoms with Crippen LogP contribution >= 0.6 is 11.3 Å². The van der Waals surface area contributed by atoms with Crippen LogP contribution in [0.3, 0.4) is 0 Å². The summed E-state index contributed by atoms with van der Waals surface area (Å²) in [6.45, 7) is 0. The first-order valence-electron chi connectivity index (χ1n) is 13.3. The lowest BCUT2D eigenvalue weighted by Gasteiger charge is -2.33. The highest BCUT2D eigenvalue weighted by Gasteiger charge is 2.41. The number of nitrogens with zero attached hydrogens (tertiary/aromatic N) is 4. The highest BCUT2D eigenvalue weighted by atomic mass is 32.1. The number of rotatable bonds is 2. The molecule has 3 atom stereocenters. The van der Waals surface area contributed by atoms with Crippen LogP contribution in [0.1, 0.15) is 34.3 Å². The van der Waals surface area contributed by atoms with Gasteiger partial charge in [-0.25, -0.2) is 9.98 Å². The van der Waals surface area contributed by atoms with Crippen molar-refractivity contribution in [1.29, 1.82) is 5.26 Å². The van der Waals surface area contributed by atoms with E-state index in [2.05, 4.69) is 89.1 Å². The molecule has 0 amide bonds. The van der Waals surface area contributed by atoms with Crippen molar-refractivity contribution < 1.29 is 0 Å². The maximum atomic E-state index is 9.31. The highest BCUT2D eigenvalue weighted by Crippen LogP contribution is 2.44. The average molecular weight is 534 g/mol. The van der Waals surface area contributed by atoms with Crippen molar-refractivity contribution >= 4 is 51.1 Å². The fourth-order valence-corrected chi connectivity index (χ4v) is 7.19. The summed E-state index contributed by atoms with van der Waals surface area (Å²) in [5.41, 5.74) is 5.03. The first-order chi connectivity index (χ1) is 19.8. The van der Waals surface area contributed by atoms with E-state index in [4.69, 9.17) is 9.98 Å². The van der Waals surface area contributed by atoms with Crippen molar-refractivity contribution in [3.05, 3.63) is 135 Å². The zero-order valence-electron chi connectivity index (χ0n) is 21.4. The van der Waals surface area contributed by atoms with Crippen molar-refractivity contribution in [2.24, 2.45) is 9.98 Å². The lowest BCUT2D eigenvalue weighted by molar-refractivity contribution is 0.731. The van der Waals surface area contributed by atoms with Crippen LogP contribution in [0.2, 0.25) is 0 Å². The monoisotopic (exact) mass is 533 g/mol. The van der Waals surface area contributed by atoms with Crippen LogP contribution in [0.5, 0.6) is 0 Å². The largest absolute Gasteiger partial charge is 0.310 e. The van der Waals surface area contributed by atoms with Gasteiger partial charge in [-0.2, -0.15) is 5.26 Å². The molecule has 8 rings (SSSR count). The fourth-order valence-electron chi connectivity index (χ4n) is 6.01. The van der Waals surface area contributed by atoms with Gasteiger partial charge in [-0.1, -0.05) is 91.0 Å². The standard InChI is InChI=1S/C34H23N5S/c35-20-21-14-16-23(17-15-21)33-36-32(22-8-2-1-3-9-22)37-34(38-33)39-28-12-6-4-10-24(28)26-19-31-27(18-29(26)39)25-11-5-7-13-30(25)40-31/h1-19,26,29,33H,(H,36,37,38). The van der Waals surface area contributed by atoms with E-state index in [9.17, 15) is 5.26 Å². The Morgan fingerprint density at radius 3 is 2.42 bits per heavy atom. The van der Waals surface area contributed by atoms with Gasteiger partial charge in [0.2, 0.25) is 5.96 Å². The quantitative estimate of drug-likeness (QED) is 0.329. The molecule has 3 aliphatic rings. The lowest BCUT2D eigenvalue weighted by atomic mass is 9.91. The number of anilines is 1. The Labute approximate surface area is 235 Å².